The van der Waals surface area contributed by atoms with Gasteiger partial charge in [0.05, 0.1) is 23.1 Å². The molecule has 5 nitrogen and oxygen atoms in total. The number of ether oxygens (including phenoxy) is 1. The summed E-state index contributed by atoms with van der Waals surface area (Å²) in [6.07, 6.45) is 6.49. The first-order chi connectivity index (χ1) is 16.9. The summed E-state index contributed by atoms with van der Waals surface area (Å²) in [5.41, 5.74) is 1.86. The molecule has 1 N–H and O–H groups in total. The first kappa shape index (κ1) is 25.4. The normalized spacial score (nSPS) is 15.9. The van der Waals surface area contributed by atoms with E-state index in [9.17, 15) is 14.3 Å². The van der Waals surface area contributed by atoms with Gasteiger partial charge in [-0.1, -0.05) is 29.8 Å². The van der Waals surface area contributed by atoms with Gasteiger partial charge in [-0.25, -0.2) is 4.39 Å². The summed E-state index contributed by atoms with van der Waals surface area (Å²) >= 11 is 6.49. The number of nitrogens with zero attached hydrogens (tertiary/aromatic N) is 2. The molecule has 1 saturated heterocycles. The highest BCUT2D eigenvalue weighted by molar-refractivity contribution is 6.32. The van der Waals surface area contributed by atoms with Crippen LogP contribution in [0.4, 0.5) is 4.39 Å². The van der Waals surface area contributed by atoms with Gasteiger partial charge in [0.25, 0.3) is 0 Å². The monoisotopic (exact) mass is 498 g/mol. The van der Waals surface area contributed by atoms with E-state index < -0.39 is 11.4 Å². The Morgan fingerprint density at radius 1 is 1.17 bits per heavy atom. The van der Waals surface area contributed by atoms with Crippen molar-refractivity contribution in [2.45, 2.75) is 44.9 Å². The number of aliphatic carboxylic acids is 1. The fourth-order valence-corrected chi connectivity index (χ4v) is 5.40. The number of hydrogen-bond donors (Lipinski definition) is 1. The highest BCUT2D eigenvalue weighted by atomic mass is 35.5. The largest absolute Gasteiger partial charge is 0.497 e. The van der Waals surface area contributed by atoms with Gasteiger partial charge in [0.1, 0.15) is 11.6 Å². The van der Waals surface area contributed by atoms with Crippen molar-refractivity contribution >= 4 is 28.5 Å². The number of fused-ring (bicyclic) bond motifs is 1. The zero-order valence-electron chi connectivity index (χ0n) is 20.1. The number of piperidine rings is 1. The summed E-state index contributed by atoms with van der Waals surface area (Å²) in [6, 6.07) is 12.6. The fourth-order valence-electron chi connectivity index (χ4n) is 5.16. The van der Waals surface area contributed by atoms with Gasteiger partial charge >= 0.3 is 5.97 Å². The number of pyridine rings is 1. The number of benzene rings is 2. The summed E-state index contributed by atoms with van der Waals surface area (Å²) in [5.74, 6) is -0.125. The van der Waals surface area contributed by atoms with Crippen LogP contribution in [0.1, 0.15) is 43.2 Å². The fraction of sp³-hybridized carbons (Fsp3) is 0.429. The molecule has 2 heterocycles. The van der Waals surface area contributed by atoms with Gasteiger partial charge in [-0.3, -0.25) is 9.78 Å². The lowest BCUT2D eigenvalue weighted by Crippen LogP contribution is -2.44. The summed E-state index contributed by atoms with van der Waals surface area (Å²) in [5, 5.41) is 11.7. The molecule has 1 aliphatic rings. The molecule has 35 heavy (non-hydrogen) atoms. The molecule has 0 unspecified atom stereocenters. The van der Waals surface area contributed by atoms with Crippen LogP contribution in [0.3, 0.4) is 0 Å². The molecule has 0 bridgehead atoms. The maximum Gasteiger partial charge on any atom is 0.309 e. The first-order valence-corrected chi connectivity index (χ1v) is 12.6. The van der Waals surface area contributed by atoms with Crippen LogP contribution in [0.5, 0.6) is 5.75 Å². The lowest BCUT2D eigenvalue weighted by Gasteiger charge is -2.39. The van der Waals surface area contributed by atoms with Crippen LogP contribution in [0, 0.1) is 11.2 Å². The molecule has 0 radical (unpaired) electrons. The Balaban J connectivity index is 1.33. The predicted octanol–water partition coefficient (Wildman–Crippen LogP) is 6.16. The zero-order valence-corrected chi connectivity index (χ0v) is 20.9. The van der Waals surface area contributed by atoms with Crippen molar-refractivity contribution in [1.82, 2.24) is 9.88 Å². The first-order valence-electron chi connectivity index (χ1n) is 12.2. The van der Waals surface area contributed by atoms with Gasteiger partial charge in [0.2, 0.25) is 0 Å². The average molecular weight is 499 g/mol. The number of halogens is 2. The van der Waals surface area contributed by atoms with Crippen LogP contribution in [0.15, 0.2) is 48.7 Å². The van der Waals surface area contributed by atoms with Crippen molar-refractivity contribution in [1.29, 1.82) is 0 Å². The van der Waals surface area contributed by atoms with Gasteiger partial charge in [0.15, 0.2) is 0 Å². The minimum atomic E-state index is -0.713. The number of aromatic nitrogens is 1. The van der Waals surface area contributed by atoms with Crippen LogP contribution >= 0.6 is 11.6 Å². The van der Waals surface area contributed by atoms with Crippen molar-refractivity contribution in [2.24, 2.45) is 5.41 Å². The van der Waals surface area contributed by atoms with Gasteiger partial charge < -0.3 is 14.7 Å². The van der Waals surface area contributed by atoms with Crippen molar-refractivity contribution in [3.05, 3.63) is 70.6 Å². The highest BCUT2D eigenvalue weighted by Gasteiger charge is 2.40. The number of aryl methyl sites for hydroxylation is 2. The Labute approximate surface area is 210 Å². The second-order valence-corrected chi connectivity index (χ2v) is 9.85. The molecule has 7 heteroatoms. The Bertz CT molecular complexity index is 1180. The van der Waals surface area contributed by atoms with E-state index in [1.807, 2.05) is 30.3 Å². The minimum Gasteiger partial charge on any atom is -0.497 e. The Morgan fingerprint density at radius 2 is 1.94 bits per heavy atom. The van der Waals surface area contributed by atoms with Gasteiger partial charge in [0, 0.05) is 11.6 Å². The van der Waals surface area contributed by atoms with Crippen molar-refractivity contribution in [3.63, 3.8) is 0 Å². The molecule has 0 aliphatic carbocycles. The Hall–Kier alpha value is -2.70. The SMILES string of the molecule is COc1ccc2ncc(Cl)c(CCCC3(C(=O)O)CCN(CCCc4ccccc4F)CC3)c2c1. The van der Waals surface area contributed by atoms with Crippen molar-refractivity contribution < 1.29 is 19.0 Å². The Kier molecular flexibility index (Phi) is 8.24. The zero-order chi connectivity index (χ0) is 24.8. The molecule has 1 aliphatic heterocycles. The van der Waals surface area contributed by atoms with Gasteiger partial charge in [-0.15, -0.1) is 0 Å². The van der Waals surface area contributed by atoms with E-state index in [1.165, 1.54) is 6.07 Å². The molecule has 186 valence electrons. The number of methoxy groups -OCH3 is 1. The summed E-state index contributed by atoms with van der Waals surface area (Å²) in [6.45, 7) is 2.35. The quantitative estimate of drug-likeness (QED) is 0.363. The number of carbonyl (C=O) groups is 1. The number of carboxylic acid groups (broad SMARTS) is 1. The van der Waals surface area contributed by atoms with Crippen molar-refractivity contribution in [3.8, 4) is 5.75 Å². The molecule has 0 atom stereocenters. The standard InChI is InChI=1S/C28H32ClFN2O3/c1-35-21-10-11-26-23(18-21)22(24(29)19-31-26)8-4-12-28(27(33)34)13-16-32(17-14-28)15-5-7-20-6-2-3-9-25(20)30/h2-3,6,9-11,18-19H,4-5,7-8,12-17H2,1H3,(H,33,34). The maximum absolute atomic E-state index is 13.8. The lowest BCUT2D eigenvalue weighted by molar-refractivity contribution is -0.152. The minimum absolute atomic E-state index is 0.156. The molecular weight excluding hydrogens is 467 g/mol. The molecule has 1 fully saturated rings. The third-order valence-electron chi connectivity index (χ3n) is 7.36. The van der Waals surface area contributed by atoms with Crippen LogP contribution in [0.2, 0.25) is 5.02 Å². The van der Waals surface area contributed by atoms with Crippen LogP contribution in [0.25, 0.3) is 10.9 Å². The second kappa shape index (κ2) is 11.4. The third kappa shape index (κ3) is 5.93. The highest BCUT2D eigenvalue weighted by Crippen LogP contribution is 2.38. The second-order valence-electron chi connectivity index (χ2n) is 9.44. The van der Waals surface area contributed by atoms with Gasteiger partial charge in [-0.2, -0.15) is 0 Å². The molecular formula is C28H32ClFN2O3. The van der Waals surface area contributed by atoms with Crippen LogP contribution in [-0.2, 0) is 17.6 Å². The molecule has 2 aromatic carbocycles. The van der Waals surface area contributed by atoms with Crippen molar-refractivity contribution in [2.75, 3.05) is 26.7 Å². The molecule has 0 saturated carbocycles. The van der Waals surface area contributed by atoms with E-state index in [0.29, 0.717) is 37.1 Å². The molecule has 4 rings (SSSR count). The summed E-state index contributed by atoms with van der Waals surface area (Å²) < 4.78 is 19.2. The molecule has 1 aromatic heterocycles. The van der Waals surface area contributed by atoms with Gasteiger partial charge in [-0.05, 0) is 100.0 Å². The van der Waals surface area contributed by atoms with E-state index in [2.05, 4.69) is 9.88 Å². The van der Waals surface area contributed by atoms with Crippen LogP contribution in [-0.4, -0.2) is 47.7 Å². The summed E-state index contributed by atoms with van der Waals surface area (Å²) in [7, 11) is 1.63. The van der Waals surface area contributed by atoms with E-state index >= 15 is 0 Å². The van der Waals surface area contributed by atoms with Crippen LogP contribution < -0.4 is 4.74 Å². The number of hydrogen-bond acceptors (Lipinski definition) is 4. The Morgan fingerprint density at radius 3 is 2.66 bits per heavy atom. The third-order valence-corrected chi connectivity index (χ3v) is 7.69. The average Bonchev–Trinajstić information content (AvgIpc) is 2.87. The summed E-state index contributed by atoms with van der Waals surface area (Å²) in [4.78, 5) is 19.0. The lowest BCUT2D eigenvalue weighted by atomic mass is 9.74. The van der Waals surface area contributed by atoms with E-state index in [1.54, 1.807) is 19.4 Å². The number of likely N-dealkylation sites (tertiary alicyclic amines) is 1. The number of rotatable bonds is 10. The van der Waals surface area contributed by atoms with E-state index in [0.717, 1.165) is 60.3 Å². The predicted molar refractivity (Wildman–Crippen MR) is 137 cm³/mol. The molecule has 3 aromatic rings. The molecule has 0 spiro atoms. The number of carboxylic acids is 1. The maximum atomic E-state index is 13.8. The van der Waals surface area contributed by atoms with E-state index in [-0.39, 0.29) is 5.82 Å². The smallest absolute Gasteiger partial charge is 0.309 e. The topological polar surface area (TPSA) is 62.7 Å². The molecule has 0 amide bonds. The van der Waals surface area contributed by atoms with E-state index in [4.69, 9.17) is 16.3 Å².